The Kier molecular flexibility index (Phi) is 5.26. The highest BCUT2D eigenvalue weighted by Gasteiger charge is 2.26. The summed E-state index contributed by atoms with van der Waals surface area (Å²) < 4.78 is 1.19. The van der Waals surface area contributed by atoms with Gasteiger partial charge in [0.2, 0.25) is 5.91 Å². The van der Waals surface area contributed by atoms with E-state index in [1.807, 2.05) is 6.07 Å². The number of nitrogens with zero attached hydrogens (tertiary/aromatic N) is 4. The van der Waals surface area contributed by atoms with Crippen LogP contribution in [-0.4, -0.2) is 28.8 Å². The molecule has 1 aliphatic heterocycles. The molecule has 1 N–H and O–H groups in total. The Morgan fingerprint density at radius 2 is 1.85 bits per heavy atom. The van der Waals surface area contributed by atoms with E-state index < -0.39 is 0 Å². The highest BCUT2D eigenvalue weighted by molar-refractivity contribution is 5.90. The van der Waals surface area contributed by atoms with Gasteiger partial charge in [-0.3, -0.25) is 9.59 Å². The molecule has 27 heavy (non-hydrogen) atoms. The number of aromatic nitrogens is 2. The molecule has 1 saturated heterocycles. The third-order valence-corrected chi connectivity index (χ3v) is 4.88. The summed E-state index contributed by atoms with van der Waals surface area (Å²) in [6, 6.07) is 11.7. The number of rotatable bonds is 4. The Morgan fingerprint density at radius 3 is 2.48 bits per heavy atom. The van der Waals surface area contributed by atoms with Gasteiger partial charge in [-0.25, -0.2) is 4.68 Å². The van der Waals surface area contributed by atoms with Crippen LogP contribution in [0.5, 0.6) is 0 Å². The largest absolute Gasteiger partial charge is 0.355 e. The fourth-order valence-electron chi connectivity index (χ4n) is 3.03. The molecule has 0 bridgehead atoms. The number of nitrogens with one attached hydrogen (secondary N) is 1. The molecular formula is C20H23N5O2. The van der Waals surface area contributed by atoms with Gasteiger partial charge in [-0.15, -0.1) is 0 Å². The molecule has 1 aliphatic rings. The average molecular weight is 365 g/mol. The molecule has 0 spiro atoms. The molecule has 0 unspecified atom stereocenters. The monoisotopic (exact) mass is 365 g/mol. The maximum atomic E-state index is 12.3. The van der Waals surface area contributed by atoms with Gasteiger partial charge in [-0.1, -0.05) is 13.8 Å². The van der Waals surface area contributed by atoms with Gasteiger partial charge in [0, 0.05) is 24.8 Å². The summed E-state index contributed by atoms with van der Waals surface area (Å²) in [5.41, 5.74) is 1.10. The fourth-order valence-corrected chi connectivity index (χ4v) is 3.03. The van der Waals surface area contributed by atoms with Gasteiger partial charge in [0.15, 0.2) is 0 Å². The van der Waals surface area contributed by atoms with Gasteiger partial charge in [0.05, 0.1) is 11.6 Å². The lowest BCUT2D eigenvalue weighted by Gasteiger charge is -2.37. The Balaban J connectivity index is 1.68. The summed E-state index contributed by atoms with van der Waals surface area (Å²) >= 11 is 0. The van der Waals surface area contributed by atoms with Gasteiger partial charge in [0.1, 0.15) is 12.4 Å². The maximum absolute atomic E-state index is 12.3. The van der Waals surface area contributed by atoms with Crippen molar-refractivity contribution in [1.29, 1.82) is 5.26 Å². The average Bonchev–Trinajstić information content (AvgIpc) is 2.64. The minimum absolute atomic E-state index is 0.161. The first-order valence-corrected chi connectivity index (χ1v) is 8.99. The lowest BCUT2D eigenvalue weighted by molar-refractivity contribution is -0.117. The minimum atomic E-state index is -0.341. The van der Waals surface area contributed by atoms with Crippen molar-refractivity contribution in [3.05, 3.63) is 52.3 Å². The maximum Gasteiger partial charge on any atom is 0.267 e. The predicted octanol–water partition coefficient (Wildman–Crippen LogP) is 2.38. The second kappa shape index (κ2) is 7.62. The molecule has 0 aliphatic carbocycles. The zero-order valence-electron chi connectivity index (χ0n) is 15.6. The van der Waals surface area contributed by atoms with Crippen LogP contribution in [0, 0.1) is 16.7 Å². The normalized spacial score (nSPS) is 15.8. The lowest BCUT2D eigenvalue weighted by Crippen LogP contribution is -2.39. The number of carbonyl (C=O) groups excluding carboxylic acids is 1. The zero-order chi connectivity index (χ0) is 19.4. The molecule has 2 heterocycles. The molecular weight excluding hydrogens is 342 g/mol. The van der Waals surface area contributed by atoms with E-state index in [4.69, 9.17) is 5.26 Å². The van der Waals surface area contributed by atoms with Crippen molar-refractivity contribution in [2.24, 2.45) is 5.41 Å². The molecule has 140 valence electrons. The summed E-state index contributed by atoms with van der Waals surface area (Å²) in [6.07, 6.45) is 2.12. The first-order chi connectivity index (χ1) is 12.9. The van der Waals surface area contributed by atoms with Crippen molar-refractivity contribution in [2.75, 3.05) is 23.3 Å². The van der Waals surface area contributed by atoms with Crippen LogP contribution in [0.25, 0.3) is 0 Å². The number of amides is 1. The van der Waals surface area contributed by atoms with Crippen LogP contribution in [-0.2, 0) is 11.3 Å². The highest BCUT2D eigenvalue weighted by Crippen LogP contribution is 2.31. The third kappa shape index (κ3) is 4.73. The van der Waals surface area contributed by atoms with Crippen molar-refractivity contribution >= 4 is 17.4 Å². The second-order valence-corrected chi connectivity index (χ2v) is 7.58. The smallest absolute Gasteiger partial charge is 0.267 e. The Bertz CT molecular complexity index is 915. The van der Waals surface area contributed by atoms with Crippen LogP contribution < -0.4 is 15.8 Å². The third-order valence-electron chi connectivity index (χ3n) is 4.88. The van der Waals surface area contributed by atoms with Crippen molar-refractivity contribution in [3.63, 3.8) is 0 Å². The number of hydrogen-bond donors (Lipinski definition) is 1. The zero-order valence-corrected chi connectivity index (χ0v) is 15.6. The van der Waals surface area contributed by atoms with Gasteiger partial charge < -0.3 is 10.2 Å². The Labute approximate surface area is 158 Å². The molecule has 3 rings (SSSR count). The molecule has 0 saturated carbocycles. The minimum Gasteiger partial charge on any atom is -0.355 e. The number of anilines is 2. The van der Waals surface area contributed by atoms with Gasteiger partial charge in [-0.2, -0.15) is 10.4 Å². The molecule has 1 fully saturated rings. The summed E-state index contributed by atoms with van der Waals surface area (Å²) in [6.45, 7) is 6.12. The summed E-state index contributed by atoms with van der Waals surface area (Å²) in [7, 11) is 0. The van der Waals surface area contributed by atoms with Crippen LogP contribution in [0.1, 0.15) is 32.3 Å². The molecule has 1 aromatic heterocycles. The van der Waals surface area contributed by atoms with Crippen molar-refractivity contribution in [3.8, 4) is 6.07 Å². The molecule has 0 atom stereocenters. The number of piperidine rings is 1. The van der Waals surface area contributed by atoms with Crippen LogP contribution in [0.3, 0.4) is 0 Å². The van der Waals surface area contributed by atoms with E-state index in [-0.39, 0.29) is 18.0 Å². The number of benzene rings is 1. The molecule has 1 aromatic carbocycles. The molecule has 0 radical (unpaired) electrons. The number of nitriles is 1. The molecule has 7 heteroatoms. The highest BCUT2D eigenvalue weighted by atomic mass is 16.2. The van der Waals surface area contributed by atoms with Gasteiger partial charge in [0.25, 0.3) is 5.56 Å². The molecule has 1 amide bonds. The topological polar surface area (TPSA) is 91.0 Å². The van der Waals surface area contributed by atoms with E-state index in [1.165, 1.54) is 10.7 Å². The predicted molar refractivity (Wildman–Crippen MR) is 104 cm³/mol. The Morgan fingerprint density at radius 1 is 1.19 bits per heavy atom. The van der Waals surface area contributed by atoms with Gasteiger partial charge in [-0.05, 0) is 48.6 Å². The molecule has 7 nitrogen and oxygen atoms in total. The van der Waals surface area contributed by atoms with E-state index in [1.54, 1.807) is 30.3 Å². The van der Waals surface area contributed by atoms with E-state index in [0.29, 0.717) is 16.7 Å². The first kappa shape index (κ1) is 18.6. The fraction of sp³-hybridized carbons (Fsp3) is 0.400. The second-order valence-electron chi connectivity index (χ2n) is 7.58. The van der Waals surface area contributed by atoms with E-state index >= 15 is 0 Å². The van der Waals surface area contributed by atoms with Crippen molar-refractivity contribution in [1.82, 2.24) is 9.78 Å². The summed E-state index contributed by atoms with van der Waals surface area (Å²) in [5, 5.41) is 15.9. The van der Waals surface area contributed by atoms with Crippen LogP contribution in [0.2, 0.25) is 0 Å². The number of hydrogen-bond acceptors (Lipinski definition) is 5. The van der Waals surface area contributed by atoms with E-state index in [0.717, 1.165) is 31.7 Å². The van der Waals surface area contributed by atoms with Crippen molar-refractivity contribution in [2.45, 2.75) is 33.2 Å². The van der Waals surface area contributed by atoms with Crippen LogP contribution in [0.15, 0.2) is 41.2 Å². The number of carbonyl (C=O) groups is 1. The standard InChI is InChI=1S/C20H23N5O2/c1-20(2)9-11-24(12-10-20)17-7-8-19(27)25(23-17)14-18(26)22-16-5-3-15(13-21)4-6-16/h3-8H,9-12,14H2,1-2H3,(H,22,26). The first-order valence-electron chi connectivity index (χ1n) is 8.99. The van der Waals surface area contributed by atoms with Crippen molar-refractivity contribution < 1.29 is 4.79 Å². The summed E-state index contributed by atoms with van der Waals surface area (Å²) in [4.78, 5) is 26.5. The van der Waals surface area contributed by atoms with Gasteiger partial charge >= 0.3 is 0 Å². The van der Waals surface area contributed by atoms with Crippen LogP contribution >= 0.6 is 0 Å². The SMILES string of the molecule is CC1(C)CCN(c2ccc(=O)n(CC(=O)Nc3ccc(C#N)cc3)n2)CC1. The lowest BCUT2D eigenvalue weighted by atomic mass is 9.83. The quantitative estimate of drug-likeness (QED) is 0.898. The molecule has 2 aromatic rings. The van der Waals surface area contributed by atoms with E-state index in [9.17, 15) is 9.59 Å². The summed E-state index contributed by atoms with van der Waals surface area (Å²) in [5.74, 6) is 0.377. The van der Waals surface area contributed by atoms with E-state index in [2.05, 4.69) is 29.2 Å². The van der Waals surface area contributed by atoms with Crippen LogP contribution in [0.4, 0.5) is 11.5 Å². The Hall–Kier alpha value is -3.14.